The number of nitrogens with one attached hydrogen (secondary N) is 1. The third kappa shape index (κ3) is 4.83. The third-order valence-electron chi connectivity index (χ3n) is 2.36. The first-order chi connectivity index (χ1) is 10.5. The molecule has 9 heteroatoms. The number of halogens is 1. The first-order valence-corrected chi connectivity index (χ1v) is 7.18. The van der Waals surface area contributed by atoms with Gasteiger partial charge in [0.05, 0.1) is 16.0 Å². The highest BCUT2D eigenvalue weighted by Gasteiger charge is 2.08. The molecule has 0 saturated carbocycles. The molecule has 1 aromatic heterocycles. The number of benzene rings is 1. The molecule has 2 rings (SSSR count). The Hall–Kier alpha value is -2.45. The van der Waals surface area contributed by atoms with Gasteiger partial charge in [-0.3, -0.25) is 14.9 Å². The molecule has 0 atom stereocenters. The zero-order chi connectivity index (χ0) is 15.9. The summed E-state index contributed by atoms with van der Waals surface area (Å²) in [6.07, 6.45) is 1.33. The van der Waals surface area contributed by atoms with Gasteiger partial charge >= 0.3 is 5.00 Å². The molecule has 0 radical (unpaired) electrons. The van der Waals surface area contributed by atoms with Gasteiger partial charge in [0.2, 0.25) is 0 Å². The minimum absolute atomic E-state index is 0.0128. The normalized spacial score (nSPS) is 10.6. The third-order valence-corrected chi connectivity index (χ3v) is 3.58. The molecule has 1 amide bonds. The molecule has 1 N–H and O–H groups in total. The van der Waals surface area contributed by atoms with Gasteiger partial charge in [-0.05, 0) is 30.3 Å². The van der Waals surface area contributed by atoms with Crippen LogP contribution >= 0.6 is 22.9 Å². The van der Waals surface area contributed by atoms with Crippen molar-refractivity contribution in [2.24, 2.45) is 5.10 Å². The fourth-order valence-electron chi connectivity index (χ4n) is 1.39. The van der Waals surface area contributed by atoms with E-state index in [1.807, 2.05) is 0 Å². The number of thiophene rings is 1. The van der Waals surface area contributed by atoms with E-state index in [4.69, 9.17) is 16.3 Å². The predicted molar refractivity (Wildman–Crippen MR) is 83.7 cm³/mol. The molecule has 0 bridgehead atoms. The van der Waals surface area contributed by atoms with Gasteiger partial charge in [-0.2, -0.15) is 5.10 Å². The molecule has 0 saturated heterocycles. The van der Waals surface area contributed by atoms with Crippen molar-refractivity contribution in [2.75, 3.05) is 6.61 Å². The Labute approximate surface area is 134 Å². The standard InChI is InChI=1S/C13H10ClN3O4S/c14-9-1-3-10(4-2-9)21-8-12(18)16-15-7-11-5-6-13(22-11)17(19)20/h1-7H,8H2,(H,16,18)/b15-7+. The van der Waals surface area contributed by atoms with E-state index in [2.05, 4.69) is 10.5 Å². The van der Waals surface area contributed by atoms with Crippen LogP contribution < -0.4 is 10.2 Å². The maximum Gasteiger partial charge on any atom is 0.324 e. The van der Waals surface area contributed by atoms with Crippen LogP contribution in [0, 0.1) is 10.1 Å². The largest absolute Gasteiger partial charge is 0.484 e. The van der Waals surface area contributed by atoms with Gasteiger partial charge in [-0.1, -0.05) is 22.9 Å². The van der Waals surface area contributed by atoms with Crippen LogP contribution in [0.2, 0.25) is 5.02 Å². The number of ether oxygens (including phenoxy) is 1. The molecule has 22 heavy (non-hydrogen) atoms. The molecular weight excluding hydrogens is 330 g/mol. The molecule has 0 unspecified atom stereocenters. The second kappa shape index (κ2) is 7.53. The Morgan fingerprint density at radius 3 is 2.73 bits per heavy atom. The van der Waals surface area contributed by atoms with Crippen molar-refractivity contribution in [1.82, 2.24) is 5.43 Å². The SMILES string of the molecule is O=C(COc1ccc(Cl)cc1)N/N=C/c1ccc([N+](=O)[O-])s1. The van der Waals surface area contributed by atoms with Gasteiger partial charge in [0, 0.05) is 11.1 Å². The van der Waals surface area contributed by atoms with Gasteiger partial charge < -0.3 is 4.74 Å². The average molecular weight is 340 g/mol. The molecule has 0 aliphatic heterocycles. The second-order valence-corrected chi connectivity index (χ2v) is 5.50. The van der Waals surface area contributed by atoms with E-state index in [0.717, 1.165) is 11.3 Å². The summed E-state index contributed by atoms with van der Waals surface area (Å²) in [5, 5.41) is 14.8. The molecule has 0 spiro atoms. The van der Waals surface area contributed by atoms with Crippen molar-refractivity contribution in [2.45, 2.75) is 0 Å². The number of nitro groups is 1. The summed E-state index contributed by atoms with van der Waals surface area (Å²) in [5.74, 6) is 0.0645. The maximum absolute atomic E-state index is 11.5. The van der Waals surface area contributed by atoms with Crippen LogP contribution in [0.5, 0.6) is 5.75 Å². The molecule has 7 nitrogen and oxygen atoms in total. The molecule has 1 heterocycles. The van der Waals surface area contributed by atoms with E-state index in [-0.39, 0.29) is 11.6 Å². The van der Waals surface area contributed by atoms with Gasteiger partial charge in [0.15, 0.2) is 6.61 Å². The lowest BCUT2D eigenvalue weighted by atomic mass is 10.3. The minimum Gasteiger partial charge on any atom is -0.484 e. The number of nitrogens with zero attached hydrogens (tertiary/aromatic N) is 2. The fraction of sp³-hybridized carbons (Fsp3) is 0.0769. The summed E-state index contributed by atoms with van der Waals surface area (Å²) in [6, 6.07) is 9.50. The van der Waals surface area contributed by atoms with E-state index in [1.54, 1.807) is 30.3 Å². The topological polar surface area (TPSA) is 93.8 Å². The summed E-state index contributed by atoms with van der Waals surface area (Å²) in [5.41, 5.74) is 2.27. The van der Waals surface area contributed by atoms with Crippen molar-refractivity contribution in [3.63, 3.8) is 0 Å². The number of carbonyl (C=O) groups excluding carboxylic acids is 1. The molecule has 0 fully saturated rings. The Kier molecular flexibility index (Phi) is 5.45. The summed E-state index contributed by atoms with van der Waals surface area (Å²) >= 11 is 6.69. The van der Waals surface area contributed by atoms with E-state index >= 15 is 0 Å². The lowest BCUT2D eigenvalue weighted by Gasteiger charge is -2.04. The van der Waals surface area contributed by atoms with Crippen LogP contribution in [-0.4, -0.2) is 23.7 Å². The number of rotatable bonds is 6. The fourth-order valence-corrected chi connectivity index (χ4v) is 2.21. The van der Waals surface area contributed by atoms with Crippen LogP contribution in [0.3, 0.4) is 0 Å². The first kappa shape index (κ1) is 15.9. The molecule has 0 aliphatic rings. The monoisotopic (exact) mass is 339 g/mol. The van der Waals surface area contributed by atoms with Crippen LogP contribution in [0.15, 0.2) is 41.5 Å². The maximum atomic E-state index is 11.5. The van der Waals surface area contributed by atoms with Crippen LogP contribution in [0.25, 0.3) is 0 Å². The van der Waals surface area contributed by atoms with E-state index in [0.29, 0.717) is 15.6 Å². The number of amides is 1. The van der Waals surface area contributed by atoms with Crippen molar-refractivity contribution in [1.29, 1.82) is 0 Å². The van der Waals surface area contributed by atoms with Crippen molar-refractivity contribution in [3.8, 4) is 5.75 Å². The lowest BCUT2D eigenvalue weighted by molar-refractivity contribution is -0.380. The zero-order valence-electron chi connectivity index (χ0n) is 11.1. The Balaban J connectivity index is 1.78. The number of hydrazone groups is 1. The first-order valence-electron chi connectivity index (χ1n) is 5.99. The number of carbonyl (C=O) groups is 1. The molecule has 2 aromatic rings. The van der Waals surface area contributed by atoms with Crippen LogP contribution in [-0.2, 0) is 4.79 Å². The molecule has 1 aromatic carbocycles. The quantitative estimate of drug-likeness (QED) is 0.497. The Bertz CT molecular complexity index is 700. The van der Waals surface area contributed by atoms with Gasteiger partial charge in [-0.25, -0.2) is 5.43 Å². The van der Waals surface area contributed by atoms with Gasteiger partial charge in [0.25, 0.3) is 5.91 Å². The van der Waals surface area contributed by atoms with Gasteiger partial charge in [-0.15, -0.1) is 0 Å². The van der Waals surface area contributed by atoms with Crippen LogP contribution in [0.1, 0.15) is 4.88 Å². The van der Waals surface area contributed by atoms with Gasteiger partial charge in [0.1, 0.15) is 5.75 Å². The van der Waals surface area contributed by atoms with E-state index in [1.165, 1.54) is 12.3 Å². The highest BCUT2D eigenvalue weighted by atomic mass is 35.5. The molecule has 114 valence electrons. The van der Waals surface area contributed by atoms with Crippen molar-refractivity contribution in [3.05, 3.63) is 56.4 Å². The number of hydrogen-bond donors (Lipinski definition) is 1. The summed E-state index contributed by atoms with van der Waals surface area (Å²) in [4.78, 5) is 22.1. The highest BCUT2D eigenvalue weighted by Crippen LogP contribution is 2.22. The second-order valence-electron chi connectivity index (χ2n) is 3.97. The van der Waals surface area contributed by atoms with Crippen molar-refractivity contribution >= 4 is 40.1 Å². The number of hydrogen-bond acceptors (Lipinski definition) is 6. The highest BCUT2D eigenvalue weighted by molar-refractivity contribution is 7.16. The Morgan fingerprint density at radius 2 is 2.09 bits per heavy atom. The lowest BCUT2D eigenvalue weighted by Crippen LogP contribution is -2.24. The summed E-state index contributed by atoms with van der Waals surface area (Å²) in [7, 11) is 0. The Morgan fingerprint density at radius 1 is 1.36 bits per heavy atom. The van der Waals surface area contributed by atoms with Crippen molar-refractivity contribution < 1.29 is 14.5 Å². The summed E-state index contributed by atoms with van der Waals surface area (Å²) in [6.45, 7) is -0.205. The predicted octanol–water partition coefficient (Wildman–Crippen LogP) is 2.84. The smallest absolute Gasteiger partial charge is 0.324 e. The molecule has 0 aliphatic carbocycles. The van der Waals surface area contributed by atoms with E-state index in [9.17, 15) is 14.9 Å². The summed E-state index contributed by atoms with van der Waals surface area (Å²) < 4.78 is 5.23. The average Bonchev–Trinajstić information content (AvgIpc) is 2.96. The molecular formula is C13H10ClN3O4S. The van der Waals surface area contributed by atoms with E-state index < -0.39 is 10.8 Å². The van der Waals surface area contributed by atoms with Crippen LogP contribution in [0.4, 0.5) is 5.00 Å². The minimum atomic E-state index is -0.486. The zero-order valence-corrected chi connectivity index (χ0v) is 12.6.